The largest absolute Gasteiger partial charge is 0.310 e. The van der Waals surface area contributed by atoms with Crippen molar-refractivity contribution in [1.29, 1.82) is 0 Å². The Morgan fingerprint density at radius 3 is 1.09 bits per heavy atom. The van der Waals surface area contributed by atoms with Crippen LogP contribution in [-0.4, -0.2) is 0 Å². The Bertz CT molecular complexity index is 7160. The van der Waals surface area contributed by atoms with Gasteiger partial charge in [-0.05, 0) is 210 Å². The van der Waals surface area contributed by atoms with Crippen LogP contribution >= 0.6 is 11.6 Å². The molecule has 0 radical (unpaired) electrons. The number of hydrogen-bond donors (Lipinski definition) is 0. The van der Waals surface area contributed by atoms with E-state index in [1.165, 1.54) is 16.0 Å². The molecule has 0 amide bonds. The molecule has 0 fully saturated rings. The lowest BCUT2D eigenvalue weighted by Gasteiger charge is -2.35. The molecule has 20 rings (SSSR count). The number of para-hydroxylation sites is 1. The average molecular weight is 1380 g/mol. The molecule has 18 aromatic rings. The fourth-order valence-corrected chi connectivity index (χ4v) is 16.1. The molecule has 1 nitrogen and oxygen atoms in total. The van der Waals surface area contributed by atoms with Crippen molar-refractivity contribution in [1.82, 2.24) is 0 Å². The van der Waals surface area contributed by atoms with E-state index in [9.17, 15) is 8.22 Å². The van der Waals surface area contributed by atoms with Gasteiger partial charge in [-0.15, -0.1) is 0 Å². The van der Waals surface area contributed by atoms with Gasteiger partial charge in [-0.3, -0.25) is 0 Å². The third-order valence-corrected chi connectivity index (χ3v) is 20.6. The lowest BCUT2D eigenvalue weighted by atomic mass is 9.67. The Morgan fingerprint density at radius 1 is 0.248 bits per heavy atom. The van der Waals surface area contributed by atoms with Crippen LogP contribution < -0.4 is 4.90 Å². The zero-order valence-electron chi connectivity index (χ0n) is 74.6. The summed E-state index contributed by atoms with van der Waals surface area (Å²) in [6.45, 7) is 0. The first-order chi connectivity index (χ1) is 59.5. The molecular formula is C103H72ClN. The normalized spacial score (nSPS) is 15.0. The smallest absolute Gasteiger partial charge is 0.0714 e. The van der Waals surface area contributed by atoms with E-state index in [0.717, 1.165) is 104 Å². The molecule has 0 saturated carbocycles. The molecule has 0 aliphatic heterocycles. The van der Waals surface area contributed by atoms with E-state index in [2.05, 4.69) is 121 Å². The van der Waals surface area contributed by atoms with Crippen molar-refractivity contribution in [2.45, 2.75) is 17.3 Å². The van der Waals surface area contributed by atoms with Gasteiger partial charge in [-0.1, -0.05) is 375 Å². The molecule has 18 aromatic carbocycles. The van der Waals surface area contributed by atoms with Gasteiger partial charge in [0.05, 0.1) is 35.5 Å². The monoisotopic (exact) mass is 1380 g/mol. The Balaban J connectivity index is 0.000000140. The van der Waals surface area contributed by atoms with Crippen molar-refractivity contribution in [3.8, 4) is 44.5 Å². The molecule has 0 spiro atoms. The first-order valence-electron chi connectivity index (χ1n) is 43.8. The average Bonchev–Trinajstić information content (AvgIpc) is 1.38. The second-order valence-electron chi connectivity index (χ2n) is 26.0. The second kappa shape index (κ2) is 27.8. The minimum absolute atomic E-state index is 0.0956. The highest BCUT2D eigenvalue weighted by molar-refractivity contribution is 6.30. The van der Waals surface area contributed by atoms with Crippen molar-refractivity contribution in [3.05, 3.63) is 485 Å². The summed E-state index contributed by atoms with van der Waals surface area (Å²) in [5.74, 6) is 0. The van der Waals surface area contributed by atoms with Crippen LogP contribution in [0, 0.1) is 0 Å². The van der Waals surface area contributed by atoms with Gasteiger partial charge in [-0.25, -0.2) is 0 Å². The van der Waals surface area contributed by atoms with Crippen molar-refractivity contribution < 1.29 is 24.7 Å². The van der Waals surface area contributed by atoms with Crippen LogP contribution in [0.4, 0.5) is 17.1 Å². The fraction of sp³-hybridized carbons (Fsp3) is 0.0291. The van der Waals surface area contributed by atoms with Crippen molar-refractivity contribution in [2.24, 2.45) is 0 Å². The summed E-state index contributed by atoms with van der Waals surface area (Å²) in [5, 5.41) is 7.36. The predicted octanol–water partition coefficient (Wildman–Crippen LogP) is 27.4. The Labute approximate surface area is 644 Å². The predicted molar refractivity (Wildman–Crippen MR) is 444 cm³/mol. The Hall–Kier alpha value is -12.9. The number of benzene rings is 18. The third kappa shape index (κ3) is 11.5. The molecule has 105 heavy (non-hydrogen) atoms. The molecule has 0 heterocycles. The molecule has 0 aromatic heterocycles. The highest BCUT2D eigenvalue weighted by Gasteiger charge is 2.48. The molecule has 0 atom stereocenters. The third-order valence-electron chi connectivity index (χ3n) is 20.4. The first-order valence-corrected chi connectivity index (χ1v) is 35.2. The maximum absolute atomic E-state index is 9.73. The number of anilines is 3. The molecule has 2 heteroatoms. The standard InChI is InChI=1S/C51H35N.C32H24.C20H13Cl/c1-4-17-38(18-5-1)51(39-19-6-2-7-20-39)49-27-15-14-26-46(49)47-33-32-42(35-50(47)51)52(40-21-8-3-9-22-40)41-30-28-36(29-31-41)48-34-37-16-10-11-23-43(37)44-24-12-13-25-45(44)48;1-4-12-24(13-5-1)22-25-20-21-29-28-18-10-11-19-30(28)32(31(29)23-25,26-14-6-2-7-15-26)27-16-8-3-9-17-27;21-16-11-9-14(10-12-16)20-13-15-5-1-2-6-17(15)18-7-3-4-8-19(18)20/h1-35H;1-21,23H,22H2;1-13H/i3D,8D,9D,21D,22D,28D,29D,30D,31D;1D,4D,5D,12D,13D;9D,10D,11D,12D. The van der Waals surface area contributed by atoms with Crippen LogP contribution in [0.2, 0.25) is 5.02 Å². The van der Waals surface area contributed by atoms with Gasteiger partial charge in [0.1, 0.15) is 0 Å². The van der Waals surface area contributed by atoms with Gasteiger partial charge >= 0.3 is 0 Å². The number of fused-ring (bicyclic) bond motifs is 12. The minimum Gasteiger partial charge on any atom is -0.310 e. The summed E-state index contributed by atoms with van der Waals surface area (Å²) in [6.07, 6.45) is 0.249. The van der Waals surface area contributed by atoms with E-state index in [-0.39, 0.29) is 100 Å². The van der Waals surface area contributed by atoms with Gasteiger partial charge in [-0.2, -0.15) is 0 Å². The van der Waals surface area contributed by atoms with Crippen LogP contribution in [0.25, 0.3) is 87.6 Å². The molecule has 2 aliphatic carbocycles. The van der Waals surface area contributed by atoms with Crippen LogP contribution in [-0.2, 0) is 17.3 Å². The summed E-state index contributed by atoms with van der Waals surface area (Å²) in [7, 11) is 0. The topological polar surface area (TPSA) is 3.24 Å². The van der Waals surface area contributed by atoms with E-state index in [1.807, 2.05) is 188 Å². The molecule has 496 valence electrons. The van der Waals surface area contributed by atoms with Gasteiger partial charge < -0.3 is 4.90 Å². The number of nitrogens with zero attached hydrogens (tertiary/aromatic N) is 1. The van der Waals surface area contributed by atoms with E-state index >= 15 is 0 Å². The highest BCUT2D eigenvalue weighted by atomic mass is 35.5. The van der Waals surface area contributed by atoms with Gasteiger partial charge in [0.2, 0.25) is 0 Å². The maximum Gasteiger partial charge on any atom is 0.0714 e. The zero-order chi connectivity index (χ0) is 85.8. The first kappa shape index (κ1) is 47.3. The van der Waals surface area contributed by atoms with E-state index in [4.69, 9.17) is 28.1 Å². The number of rotatable bonds is 11. The Morgan fingerprint density at radius 2 is 0.610 bits per heavy atom. The summed E-state index contributed by atoms with van der Waals surface area (Å²) in [4.78, 5) is 1.33. The minimum atomic E-state index is -0.869. The van der Waals surface area contributed by atoms with Crippen LogP contribution in [0.5, 0.6) is 0 Å². The second-order valence-corrected chi connectivity index (χ2v) is 26.4. The summed E-state index contributed by atoms with van der Waals surface area (Å²) in [6, 6.07) is 98.6. The van der Waals surface area contributed by atoms with Gasteiger partial charge in [0, 0.05) is 22.1 Å². The molecule has 0 saturated heterocycles. The lowest BCUT2D eigenvalue weighted by molar-refractivity contribution is 0.767. The zero-order valence-corrected chi connectivity index (χ0v) is 57.3. The van der Waals surface area contributed by atoms with Crippen LogP contribution in [0.15, 0.2) is 424 Å². The SMILES string of the molecule is [2H]c1c([2H])c(-c2cc3ccccc3c3ccccc23)c([2H])c([2H])c1Cl.[2H]c1c([2H])c([2H])c(Cc2ccc3c(c2)C(c2ccccc2)(c2ccccc2)c2ccccc2-3)c([2H])c1[2H].[2H]c1c([2H])c([2H])c(N(c2ccc3c(c2)C(c2ccccc2)(c2ccccc2)c2ccccc2-3)c2c([2H])c([2H])c(-c3cc4ccccc4c4ccccc34)c([2H])c2[2H])c([2H])c1[2H]. The van der Waals surface area contributed by atoms with Crippen LogP contribution in [0.3, 0.4) is 0 Å². The number of halogens is 1. The number of hydrogen-bond acceptors (Lipinski definition) is 1. The molecule has 2 aliphatic rings. The summed E-state index contributed by atoms with van der Waals surface area (Å²) < 4.78 is 157. The van der Waals surface area contributed by atoms with Gasteiger partial charge in [0.25, 0.3) is 0 Å². The van der Waals surface area contributed by atoms with Gasteiger partial charge in [0.15, 0.2) is 0 Å². The quantitative estimate of drug-likeness (QED) is 0.117. The highest BCUT2D eigenvalue weighted by Crippen LogP contribution is 2.59. The Kier molecular flexibility index (Phi) is 12.5. The molecule has 0 N–H and O–H groups in total. The van der Waals surface area contributed by atoms with E-state index in [1.54, 1.807) is 6.07 Å². The summed E-state index contributed by atoms with van der Waals surface area (Å²) >= 11 is 5.95. The maximum atomic E-state index is 9.73. The molecule has 0 unspecified atom stereocenters. The van der Waals surface area contributed by atoms with Crippen molar-refractivity contribution in [3.63, 3.8) is 0 Å². The van der Waals surface area contributed by atoms with E-state index in [0.29, 0.717) is 22.4 Å². The fourth-order valence-electron chi connectivity index (χ4n) is 16.0. The van der Waals surface area contributed by atoms with Crippen molar-refractivity contribution in [2.75, 3.05) is 4.90 Å². The summed E-state index contributed by atoms with van der Waals surface area (Å²) in [5.41, 5.74) is 13.9. The molecular weight excluding hydrogens is 1290 g/mol. The lowest BCUT2D eigenvalue weighted by Crippen LogP contribution is -2.28. The van der Waals surface area contributed by atoms with E-state index < -0.39 is 53.1 Å². The molecule has 0 bridgehead atoms. The van der Waals surface area contributed by atoms with Crippen LogP contribution in [0.1, 0.15) is 80.3 Å². The van der Waals surface area contributed by atoms with Crippen molar-refractivity contribution >= 4 is 71.8 Å².